The Morgan fingerprint density at radius 1 is 1.00 bits per heavy atom. The highest BCUT2D eigenvalue weighted by Gasteiger charge is 2.29. The van der Waals surface area contributed by atoms with Crippen molar-refractivity contribution in [1.29, 1.82) is 0 Å². The molecule has 0 unspecified atom stereocenters. The lowest BCUT2D eigenvalue weighted by atomic mass is 9.84. The van der Waals surface area contributed by atoms with E-state index in [1.54, 1.807) is 29.6 Å². The molecule has 1 aliphatic carbocycles. The van der Waals surface area contributed by atoms with Crippen molar-refractivity contribution >= 4 is 40.5 Å². The number of ketones is 2. The van der Waals surface area contributed by atoms with E-state index in [-0.39, 0.29) is 23.6 Å². The Labute approximate surface area is 175 Å². The second-order valence-corrected chi connectivity index (χ2v) is 7.77. The van der Waals surface area contributed by atoms with Gasteiger partial charge in [0.2, 0.25) is 0 Å². The normalized spacial score (nSPS) is 12.2. The molecule has 0 saturated carbocycles. The second-order valence-electron chi connectivity index (χ2n) is 6.71. The van der Waals surface area contributed by atoms with Crippen molar-refractivity contribution in [3.63, 3.8) is 0 Å². The Morgan fingerprint density at radius 2 is 1.67 bits per heavy atom. The SMILES string of the molecule is Cc1nc(CC(=O)OCC(=O)Nc2ccc3c(c2)C(=O)c2ccccc2C3=O)cs1. The molecule has 0 fully saturated rings. The zero-order valence-corrected chi connectivity index (χ0v) is 16.7. The number of rotatable bonds is 5. The number of carbonyl (C=O) groups excluding carboxylic acids is 4. The van der Waals surface area contributed by atoms with E-state index >= 15 is 0 Å². The Bertz CT molecular complexity index is 1200. The summed E-state index contributed by atoms with van der Waals surface area (Å²) in [5.74, 6) is -1.61. The molecular formula is C22H16N2O5S. The van der Waals surface area contributed by atoms with E-state index in [4.69, 9.17) is 4.74 Å². The summed E-state index contributed by atoms with van der Waals surface area (Å²) in [5, 5.41) is 5.19. The fraction of sp³-hybridized carbons (Fsp3) is 0.136. The van der Waals surface area contributed by atoms with Crippen LogP contribution in [0.1, 0.15) is 42.5 Å². The molecule has 1 amide bonds. The maximum absolute atomic E-state index is 12.7. The van der Waals surface area contributed by atoms with Crippen LogP contribution in [-0.2, 0) is 20.7 Å². The number of anilines is 1. The molecule has 0 aliphatic heterocycles. The standard InChI is InChI=1S/C22H16N2O5S/c1-12-23-14(11-30-12)9-20(26)29-10-19(25)24-13-6-7-17-18(8-13)22(28)16-5-3-2-4-15(16)21(17)27/h2-8,11H,9-10H2,1H3,(H,24,25). The van der Waals surface area contributed by atoms with Gasteiger partial charge in [-0.2, -0.15) is 0 Å². The minimum atomic E-state index is -0.557. The number of carbonyl (C=O) groups is 4. The molecule has 1 heterocycles. The van der Waals surface area contributed by atoms with Crippen LogP contribution in [0.4, 0.5) is 5.69 Å². The van der Waals surface area contributed by atoms with E-state index in [2.05, 4.69) is 10.3 Å². The van der Waals surface area contributed by atoms with Crippen LogP contribution in [0.5, 0.6) is 0 Å². The third kappa shape index (κ3) is 3.90. The van der Waals surface area contributed by atoms with Crippen LogP contribution in [0.3, 0.4) is 0 Å². The van der Waals surface area contributed by atoms with Crippen molar-refractivity contribution in [3.8, 4) is 0 Å². The number of fused-ring (bicyclic) bond motifs is 2. The fourth-order valence-electron chi connectivity index (χ4n) is 3.21. The number of hydrogen-bond donors (Lipinski definition) is 1. The molecule has 1 N–H and O–H groups in total. The van der Waals surface area contributed by atoms with E-state index in [0.717, 1.165) is 5.01 Å². The van der Waals surface area contributed by atoms with E-state index in [1.807, 2.05) is 6.92 Å². The van der Waals surface area contributed by atoms with Gasteiger partial charge in [-0.1, -0.05) is 24.3 Å². The summed E-state index contributed by atoms with van der Waals surface area (Å²) in [6, 6.07) is 11.1. The Kier molecular flexibility index (Phi) is 5.24. The summed E-state index contributed by atoms with van der Waals surface area (Å²) in [5.41, 5.74) is 2.17. The van der Waals surface area contributed by atoms with Crippen LogP contribution in [0.25, 0.3) is 0 Å². The van der Waals surface area contributed by atoms with Crippen molar-refractivity contribution in [2.75, 3.05) is 11.9 Å². The molecule has 4 rings (SSSR count). The molecular weight excluding hydrogens is 404 g/mol. The van der Waals surface area contributed by atoms with Crippen LogP contribution < -0.4 is 5.32 Å². The first kappa shape index (κ1) is 19.7. The number of aryl methyl sites for hydroxylation is 1. The van der Waals surface area contributed by atoms with Gasteiger partial charge in [0.15, 0.2) is 18.2 Å². The third-order valence-corrected chi connectivity index (χ3v) is 5.39. The number of esters is 1. The molecule has 30 heavy (non-hydrogen) atoms. The molecule has 2 aromatic carbocycles. The Morgan fingerprint density at radius 3 is 2.33 bits per heavy atom. The summed E-state index contributed by atoms with van der Waals surface area (Å²) in [6.07, 6.45) is -0.00745. The van der Waals surface area contributed by atoms with E-state index in [9.17, 15) is 19.2 Å². The Balaban J connectivity index is 1.41. The molecule has 0 spiro atoms. The molecule has 0 bridgehead atoms. The van der Waals surface area contributed by atoms with Gasteiger partial charge in [0.1, 0.15) is 0 Å². The number of hydrogen-bond acceptors (Lipinski definition) is 7. The number of benzene rings is 2. The maximum Gasteiger partial charge on any atom is 0.312 e. The number of thiazole rings is 1. The van der Waals surface area contributed by atoms with Crippen LogP contribution in [0.15, 0.2) is 47.8 Å². The molecule has 7 nitrogen and oxygen atoms in total. The van der Waals surface area contributed by atoms with E-state index < -0.39 is 18.5 Å². The maximum atomic E-state index is 12.7. The number of ether oxygens (including phenoxy) is 1. The zero-order chi connectivity index (χ0) is 21.3. The number of nitrogens with one attached hydrogen (secondary N) is 1. The van der Waals surface area contributed by atoms with Gasteiger partial charge >= 0.3 is 5.97 Å². The lowest BCUT2D eigenvalue weighted by molar-refractivity contribution is -0.146. The summed E-state index contributed by atoms with van der Waals surface area (Å²) < 4.78 is 4.98. The van der Waals surface area contributed by atoms with Crippen LogP contribution in [0, 0.1) is 6.92 Å². The minimum Gasteiger partial charge on any atom is -0.455 e. The molecule has 8 heteroatoms. The van der Waals surface area contributed by atoms with E-state index in [1.165, 1.54) is 29.5 Å². The first-order chi connectivity index (χ1) is 14.4. The average Bonchev–Trinajstić information content (AvgIpc) is 3.15. The minimum absolute atomic E-state index is 0.00745. The van der Waals surface area contributed by atoms with E-state index in [0.29, 0.717) is 28.1 Å². The summed E-state index contributed by atoms with van der Waals surface area (Å²) in [7, 11) is 0. The van der Waals surface area contributed by atoms with Gasteiger partial charge in [0.25, 0.3) is 5.91 Å². The fourth-order valence-corrected chi connectivity index (χ4v) is 3.82. The molecule has 0 radical (unpaired) electrons. The molecule has 0 atom stereocenters. The predicted octanol–water partition coefficient (Wildman–Crippen LogP) is 2.95. The highest BCUT2D eigenvalue weighted by molar-refractivity contribution is 7.09. The molecule has 1 aromatic heterocycles. The third-order valence-electron chi connectivity index (χ3n) is 4.57. The highest BCUT2D eigenvalue weighted by Crippen LogP contribution is 2.29. The summed E-state index contributed by atoms with van der Waals surface area (Å²) >= 11 is 1.43. The molecule has 150 valence electrons. The Hall–Kier alpha value is -3.65. The zero-order valence-electron chi connectivity index (χ0n) is 15.9. The topological polar surface area (TPSA) is 102 Å². The predicted molar refractivity (Wildman–Crippen MR) is 110 cm³/mol. The monoisotopic (exact) mass is 420 g/mol. The van der Waals surface area contributed by atoms with Crippen LogP contribution in [-0.4, -0.2) is 35.0 Å². The average molecular weight is 420 g/mol. The van der Waals surface area contributed by atoms with Gasteiger partial charge in [0, 0.05) is 33.3 Å². The van der Waals surface area contributed by atoms with Gasteiger partial charge in [-0.15, -0.1) is 11.3 Å². The highest BCUT2D eigenvalue weighted by atomic mass is 32.1. The number of amides is 1. The molecule has 3 aromatic rings. The quantitative estimate of drug-likeness (QED) is 0.498. The lowest BCUT2D eigenvalue weighted by Gasteiger charge is -2.18. The van der Waals surface area contributed by atoms with Gasteiger partial charge in [-0.25, -0.2) is 4.98 Å². The van der Waals surface area contributed by atoms with Gasteiger partial charge in [0.05, 0.1) is 17.1 Å². The first-order valence-corrected chi connectivity index (χ1v) is 9.99. The van der Waals surface area contributed by atoms with Crippen molar-refractivity contribution in [1.82, 2.24) is 4.98 Å². The van der Waals surface area contributed by atoms with Crippen molar-refractivity contribution in [3.05, 3.63) is 80.8 Å². The largest absolute Gasteiger partial charge is 0.455 e. The van der Waals surface area contributed by atoms with Gasteiger partial charge in [-0.3, -0.25) is 19.2 Å². The van der Waals surface area contributed by atoms with Crippen LogP contribution in [0.2, 0.25) is 0 Å². The summed E-state index contributed by atoms with van der Waals surface area (Å²) in [6.45, 7) is 1.37. The van der Waals surface area contributed by atoms with Crippen molar-refractivity contribution < 1.29 is 23.9 Å². The smallest absolute Gasteiger partial charge is 0.312 e. The van der Waals surface area contributed by atoms with Crippen LogP contribution >= 0.6 is 11.3 Å². The van der Waals surface area contributed by atoms with Crippen molar-refractivity contribution in [2.24, 2.45) is 0 Å². The van der Waals surface area contributed by atoms with Gasteiger partial charge in [-0.05, 0) is 25.1 Å². The van der Waals surface area contributed by atoms with Crippen molar-refractivity contribution in [2.45, 2.75) is 13.3 Å². The molecule has 1 aliphatic rings. The lowest BCUT2D eigenvalue weighted by Crippen LogP contribution is -2.23. The number of aromatic nitrogens is 1. The van der Waals surface area contributed by atoms with Gasteiger partial charge < -0.3 is 10.1 Å². The molecule has 0 saturated heterocycles. The summed E-state index contributed by atoms with van der Waals surface area (Å²) in [4.78, 5) is 53.5. The number of nitrogens with zero attached hydrogens (tertiary/aromatic N) is 1. The second kappa shape index (κ2) is 8.00. The first-order valence-electron chi connectivity index (χ1n) is 9.11.